The zero-order chi connectivity index (χ0) is 9.84. The van der Waals surface area contributed by atoms with E-state index in [9.17, 15) is 4.79 Å². The molecule has 0 aromatic carbocycles. The van der Waals surface area contributed by atoms with Gasteiger partial charge in [0.25, 0.3) is 0 Å². The molecule has 0 aliphatic heterocycles. The summed E-state index contributed by atoms with van der Waals surface area (Å²) in [4.78, 5) is 15.1. The molecule has 0 aliphatic rings. The maximum atomic E-state index is 11.1. The molecule has 0 spiro atoms. The van der Waals surface area contributed by atoms with Crippen molar-refractivity contribution in [3.05, 3.63) is 10.5 Å². The fourth-order valence-electron chi connectivity index (χ4n) is 0.788. The van der Waals surface area contributed by atoms with E-state index in [1.807, 2.05) is 0 Å². The van der Waals surface area contributed by atoms with Crippen LogP contribution in [0.5, 0.6) is 0 Å². The molecular weight excluding hydrogens is 210 g/mol. The van der Waals surface area contributed by atoms with E-state index in [1.54, 1.807) is 19.4 Å². The van der Waals surface area contributed by atoms with E-state index in [0.717, 1.165) is 0 Å². The van der Waals surface area contributed by atoms with E-state index >= 15 is 0 Å². The summed E-state index contributed by atoms with van der Waals surface area (Å²) in [6.07, 6.45) is 0. The summed E-state index contributed by atoms with van der Waals surface area (Å²) < 4.78 is 0. The van der Waals surface area contributed by atoms with Gasteiger partial charge in [0.05, 0.1) is 0 Å². The van der Waals surface area contributed by atoms with Gasteiger partial charge < -0.3 is 10.6 Å². The summed E-state index contributed by atoms with van der Waals surface area (Å²) in [5, 5.41) is 8.26. The predicted octanol–water partition coefficient (Wildman–Crippen LogP) is 1.34. The monoisotopic (exact) mass is 219 g/mol. The van der Waals surface area contributed by atoms with Gasteiger partial charge in [0.1, 0.15) is 11.2 Å². The molecule has 1 amide bonds. The molecule has 1 rings (SSSR count). The highest BCUT2D eigenvalue weighted by Gasteiger charge is 2.11. The summed E-state index contributed by atoms with van der Waals surface area (Å²) in [7, 11) is 1.59. The molecule has 72 valence electrons. The number of carbonyl (C=O) groups excluding carboxylic acids is 1. The number of thiazole rings is 1. The molecular formula is C7H10ClN3OS. The number of nitrogens with one attached hydrogen (secondary N) is 2. The first-order valence-electron chi connectivity index (χ1n) is 3.72. The average molecular weight is 220 g/mol. The number of rotatable bonds is 3. The van der Waals surface area contributed by atoms with Crippen LogP contribution in [-0.2, 0) is 4.79 Å². The third kappa shape index (κ3) is 2.86. The van der Waals surface area contributed by atoms with Crippen LogP contribution in [0.1, 0.15) is 6.92 Å². The number of hydrogen-bond acceptors (Lipinski definition) is 4. The van der Waals surface area contributed by atoms with Gasteiger partial charge in [0.2, 0.25) is 5.91 Å². The maximum absolute atomic E-state index is 11.1. The second-order valence-corrected chi connectivity index (χ2v) is 3.70. The molecule has 0 saturated heterocycles. The molecule has 1 atom stereocenters. The Labute approximate surface area is 85.3 Å². The molecule has 2 N–H and O–H groups in total. The highest BCUT2D eigenvalue weighted by Crippen LogP contribution is 2.19. The summed E-state index contributed by atoms with van der Waals surface area (Å²) in [6, 6.07) is -0.299. The van der Waals surface area contributed by atoms with Crippen molar-refractivity contribution < 1.29 is 4.79 Å². The van der Waals surface area contributed by atoms with Crippen molar-refractivity contribution in [1.82, 2.24) is 10.3 Å². The van der Waals surface area contributed by atoms with Gasteiger partial charge in [-0.05, 0) is 6.92 Å². The lowest BCUT2D eigenvalue weighted by Gasteiger charge is -2.10. The van der Waals surface area contributed by atoms with Crippen LogP contribution in [0.4, 0.5) is 5.13 Å². The van der Waals surface area contributed by atoms with Gasteiger partial charge in [-0.3, -0.25) is 4.79 Å². The van der Waals surface area contributed by atoms with Crippen LogP contribution < -0.4 is 10.6 Å². The smallest absolute Gasteiger partial charge is 0.242 e. The van der Waals surface area contributed by atoms with Gasteiger partial charge in [0, 0.05) is 12.4 Å². The topological polar surface area (TPSA) is 54.0 Å². The van der Waals surface area contributed by atoms with Crippen molar-refractivity contribution in [2.24, 2.45) is 0 Å². The zero-order valence-electron chi connectivity index (χ0n) is 7.30. The highest BCUT2D eigenvalue weighted by molar-refractivity contribution is 7.14. The molecule has 1 unspecified atom stereocenters. The molecule has 4 nitrogen and oxygen atoms in total. The van der Waals surface area contributed by atoms with E-state index in [0.29, 0.717) is 10.3 Å². The van der Waals surface area contributed by atoms with Crippen molar-refractivity contribution in [3.63, 3.8) is 0 Å². The Morgan fingerprint density at radius 2 is 2.46 bits per heavy atom. The molecule has 13 heavy (non-hydrogen) atoms. The lowest BCUT2D eigenvalue weighted by atomic mass is 10.3. The molecule has 1 aromatic heterocycles. The Morgan fingerprint density at radius 3 is 2.92 bits per heavy atom. The average Bonchev–Trinajstić information content (AvgIpc) is 2.49. The lowest BCUT2D eigenvalue weighted by molar-refractivity contribution is -0.121. The van der Waals surface area contributed by atoms with Gasteiger partial charge in [-0.2, -0.15) is 0 Å². The Balaban J connectivity index is 2.54. The van der Waals surface area contributed by atoms with E-state index in [-0.39, 0.29) is 11.9 Å². The molecule has 0 radical (unpaired) electrons. The second-order valence-electron chi connectivity index (χ2n) is 2.46. The van der Waals surface area contributed by atoms with Crippen LogP contribution >= 0.6 is 22.9 Å². The Morgan fingerprint density at radius 1 is 1.77 bits per heavy atom. The van der Waals surface area contributed by atoms with Crippen molar-refractivity contribution in [1.29, 1.82) is 0 Å². The molecule has 0 saturated carbocycles. The first-order chi connectivity index (χ1) is 6.13. The number of hydrogen-bond donors (Lipinski definition) is 2. The lowest BCUT2D eigenvalue weighted by Crippen LogP contribution is -2.35. The first kappa shape index (κ1) is 10.3. The second kappa shape index (κ2) is 4.43. The van der Waals surface area contributed by atoms with Crippen LogP contribution in [0.2, 0.25) is 5.15 Å². The predicted molar refractivity (Wildman–Crippen MR) is 54.3 cm³/mol. The minimum atomic E-state index is -0.299. The number of nitrogens with zero attached hydrogens (tertiary/aromatic N) is 1. The van der Waals surface area contributed by atoms with Gasteiger partial charge in [0.15, 0.2) is 5.13 Å². The first-order valence-corrected chi connectivity index (χ1v) is 4.98. The summed E-state index contributed by atoms with van der Waals surface area (Å²) in [5.74, 6) is -0.0775. The highest BCUT2D eigenvalue weighted by atomic mass is 35.5. The molecule has 6 heteroatoms. The van der Waals surface area contributed by atoms with Crippen LogP contribution in [-0.4, -0.2) is 24.0 Å². The SMILES string of the molecule is CNC(=O)C(C)Nc1nc(Cl)cs1. The third-order valence-electron chi connectivity index (χ3n) is 1.46. The number of carbonyl (C=O) groups is 1. The molecule has 1 heterocycles. The van der Waals surface area contributed by atoms with Crippen molar-refractivity contribution in [3.8, 4) is 0 Å². The van der Waals surface area contributed by atoms with E-state index in [2.05, 4.69) is 15.6 Å². The Bertz CT molecular complexity index is 302. The normalized spacial score (nSPS) is 12.2. The molecule has 1 aromatic rings. The van der Waals surface area contributed by atoms with Crippen LogP contribution in [0.15, 0.2) is 5.38 Å². The minimum absolute atomic E-state index is 0.0775. The van der Waals surface area contributed by atoms with E-state index in [1.165, 1.54) is 11.3 Å². The Hall–Kier alpha value is -0.810. The zero-order valence-corrected chi connectivity index (χ0v) is 8.87. The summed E-state index contributed by atoms with van der Waals surface area (Å²) in [5.41, 5.74) is 0. The largest absolute Gasteiger partial charge is 0.357 e. The van der Waals surface area contributed by atoms with Crippen molar-refractivity contribution in [2.75, 3.05) is 12.4 Å². The van der Waals surface area contributed by atoms with Crippen LogP contribution in [0.25, 0.3) is 0 Å². The van der Waals surface area contributed by atoms with Crippen LogP contribution in [0.3, 0.4) is 0 Å². The Kier molecular flexibility index (Phi) is 3.50. The minimum Gasteiger partial charge on any atom is -0.357 e. The van der Waals surface area contributed by atoms with Crippen molar-refractivity contribution >= 4 is 34.0 Å². The standard InChI is InChI=1S/C7H10ClN3OS/c1-4(6(12)9-2)10-7-11-5(8)3-13-7/h3-4H,1-2H3,(H,9,12)(H,10,11). The quantitative estimate of drug-likeness (QED) is 0.807. The fraction of sp³-hybridized carbons (Fsp3) is 0.429. The van der Waals surface area contributed by atoms with Gasteiger partial charge in [-0.1, -0.05) is 11.6 Å². The van der Waals surface area contributed by atoms with E-state index in [4.69, 9.17) is 11.6 Å². The summed E-state index contributed by atoms with van der Waals surface area (Å²) in [6.45, 7) is 1.76. The molecule has 0 fully saturated rings. The van der Waals surface area contributed by atoms with Gasteiger partial charge in [-0.25, -0.2) is 4.98 Å². The summed E-state index contributed by atoms with van der Waals surface area (Å²) >= 11 is 6.99. The third-order valence-corrected chi connectivity index (χ3v) is 2.55. The number of likely N-dealkylation sites (N-methyl/N-ethyl adjacent to an activating group) is 1. The molecule has 0 aliphatic carbocycles. The number of aromatic nitrogens is 1. The fourth-order valence-corrected chi connectivity index (χ4v) is 1.71. The number of anilines is 1. The molecule has 0 bridgehead atoms. The number of amides is 1. The maximum Gasteiger partial charge on any atom is 0.242 e. The number of halogens is 1. The van der Waals surface area contributed by atoms with Gasteiger partial charge in [-0.15, -0.1) is 11.3 Å². The van der Waals surface area contributed by atoms with Gasteiger partial charge >= 0.3 is 0 Å². The van der Waals surface area contributed by atoms with Crippen LogP contribution in [0, 0.1) is 0 Å². The van der Waals surface area contributed by atoms with Crippen molar-refractivity contribution in [2.45, 2.75) is 13.0 Å². The van der Waals surface area contributed by atoms with E-state index < -0.39 is 0 Å².